The number of aliphatic hydroxyl groups excluding tert-OH is 4. The second kappa shape index (κ2) is 7.06. The smallest absolute Gasteiger partial charge is 0.332 e. The number of hydrogen-bond donors (Lipinski definition) is 7. The van der Waals surface area contributed by atoms with Crippen LogP contribution in [0.5, 0.6) is 0 Å². The van der Waals surface area contributed by atoms with Crippen LogP contribution < -0.4 is 5.73 Å². The molecule has 0 radical (unpaired) electrons. The predicted molar refractivity (Wildman–Crippen MR) is 59.7 cm³/mol. The van der Waals surface area contributed by atoms with Crippen molar-refractivity contribution >= 4 is 19.3 Å². The maximum absolute atomic E-state index is 11.4. The number of amides is 1. The van der Waals surface area contributed by atoms with Crippen LogP contribution >= 0.6 is 7.60 Å². The fourth-order valence-corrected chi connectivity index (χ4v) is 1.95. The summed E-state index contributed by atoms with van der Waals surface area (Å²) < 4.78 is 10.6. The minimum Gasteiger partial charge on any atom is -0.394 e. The highest BCUT2D eigenvalue weighted by Gasteiger charge is 2.40. The van der Waals surface area contributed by atoms with Crippen molar-refractivity contribution in [3.63, 3.8) is 0 Å². The van der Waals surface area contributed by atoms with E-state index in [0.29, 0.717) is 0 Å². The number of primary amides is 1. The molecule has 0 bridgehead atoms. The van der Waals surface area contributed by atoms with E-state index < -0.39 is 56.3 Å². The first-order valence-electron chi connectivity index (χ1n) is 5.03. The molecule has 1 amide bonds. The van der Waals surface area contributed by atoms with Gasteiger partial charge >= 0.3 is 7.60 Å². The lowest BCUT2D eigenvalue weighted by atomic mass is 9.91. The van der Waals surface area contributed by atoms with Gasteiger partial charge in [-0.3, -0.25) is 14.2 Å². The number of ketones is 1. The largest absolute Gasteiger partial charge is 0.394 e. The van der Waals surface area contributed by atoms with E-state index in [-0.39, 0.29) is 0 Å². The van der Waals surface area contributed by atoms with E-state index in [2.05, 4.69) is 0 Å². The number of nitrogens with two attached hydrogens (primary N) is 1. The Morgan fingerprint density at radius 3 is 1.89 bits per heavy atom. The van der Waals surface area contributed by atoms with Crippen molar-refractivity contribution in [2.75, 3.05) is 12.8 Å². The molecule has 4 atom stereocenters. The number of rotatable bonds is 8. The Bertz CT molecular complexity index is 380. The second-order valence-corrected chi connectivity index (χ2v) is 5.55. The highest BCUT2D eigenvalue weighted by atomic mass is 31.2. The van der Waals surface area contributed by atoms with E-state index in [4.69, 9.17) is 25.7 Å². The average Bonchev–Trinajstić information content (AvgIpc) is 2.23. The molecule has 19 heavy (non-hydrogen) atoms. The van der Waals surface area contributed by atoms with Crippen LogP contribution in [0.3, 0.4) is 0 Å². The van der Waals surface area contributed by atoms with Crippen LogP contribution in [-0.2, 0) is 14.2 Å². The second-order valence-electron chi connectivity index (χ2n) is 3.90. The van der Waals surface area contributed by atoms with Gasteiger partial charge in [0.05, 0.1) is 6.61 Å². The lowest BCUT2D eigenvalue weighted by Crippen LogP contribution is -2.50. The van der Waals surface area contributed by atoms with Gasteiger partial charge in [0.15, 0.2) is 5.78 Å². The number of carbonyl (C=O) groups is 2. The van der Waals surface area contributed by atoms with E-state index in [1.807, 2.05) is 0 Å². The normalized spacial score (nSPS) is 18.4. The first-order chi connectivity index (χ1) is 8.51. The van der Waals surface area contributed by atoms with E-state index in [1.165, 1.54) is 0 Å². The SMILES string of the molecule is NC(=O)[C@H](C(=O)CP(=O)(O)O)[C@@H](O)[C@H](O)[C@H](O)CO. The van der Waals surface area contributed by atoms with Gasteiger partial charge in [-0.15, -0.1) is 0 Å². The van der Waals surface area contributed by atoms with Crippen LogP contribution in [0.1, 0.15) is 0 Å². The third kappa shape index (κ3) is 5.74. The zero-order chi connectivity index (χ0) is 15.4. The molecule has 0 aliphatic rings. The summed E-state index contributed by atoms with van der Waals surface area (Å²) in [4.78, 5) is 39.7. The van der Waals surface area contributed by atoms with Crippen molar-refractivity contribution < 1.29 is 44.4 Å². The van der Waals surface area contributed by atoms with E-state index in [1.54, 1.807) is 0 Å². The fraction of sp³-hybridized carbons (Fsp3) is 0.750. The number of aliphatic hydroxyl groups is 4. The Labute approximate surface area is 107 Å². The van der Waals surface area contributed by atoms with Crippen molar-refractivity contribution in [1.29, 1.82) is 0 Å². The number of hydrogen-bond acceptors (Lipinski definition) is 7. The molecule has 0 aliphatic heterocycles. The summed E-state index contributed by atoms with van der Waals surface area (Å²) in [5.74, 6) is -4.91. The van der Waals surface area contributed by atoms with E-state index >= 15 is 0 Å². The molecule has 0 aliphatic carbocycles. The van der Waals surface area contributed by atoms with Crippen LogP contribution in [-0.4, -0.2) is 73.0 Å². The molecule has 0 heterocycles. The van der Waals surface area contributed by atoms with Crippen LogP contribution in [0, 0.1) is 5.92 Å². The predicted octanol–water partition coefficient (Wildman–Crippen LogP) is -4.09. The molecular formula is C8H16NO9P. The van der Waals surface area contributed by atoms with E-state index in [0.717, 1.165) is 0 Å². The third-order valence-corrected chi connectivity index (χ3v) is 3.01. The standard InChI is InChI=1S/C8H16NO9P/c9-8(15)5(4(12)2-19(16,17)18)7(14)6(13)3(11)1-10/h3,5-7,10-11,13-14H,1-2H2,(H2,9,15)(H2,16,17,18)/t3-,5-,6-,7-/m1/s1. The molecule has 0 aromatic heterocycles. The minimum atomic E-state index is -4.78. The molecular weight excluding hydrogens is 285 g/mol. The van der Waals surface area contributed by atoms with Crippen molar-refractivity contribution in [2.45, 2.75) is 18.3 Å². The van der Waals surface area contributed by atoms with Gasteiger partial charge < -0.3 is 35.9 Å². The van der Waals surface area contributed by atoms with Gasteiger partial charge in [-0.2, -0.15) is 0 Å². The molecule has 0 spiro atoms. The van der Waals surface area contributed by atoms with Gasteiger partial charge in [0, 0.05) is 0 Å². The summed E-state index contributed by atoms with van der Waals surface area (Å²) in [6.07, 6.45) is -7.47. The Hall–Kier alpha value is -0.870. The van der Waals surface area contributed by atoms with Gasteiger partial charge in [0.2, 0.25) is 5.91 Å². The topological polar surface area (TPSA) is 199 Å². The monoisotopic (exact) mass is 301 g/mol. The van der Waals surface area contributed by atoms with Gasteiger partial charge in [-0.05, 0) is 0 Å². The fourth-order valence-electron chi connectivity index (χ4n) is 1.35. The maximum atomic E-state index is 11.4. The molecule has 112 valence electrons. The lowest BCUT2D eigenvalue weighted by molar-refractivity contribution is -0.145. The molecule has 0 aromatic rings. The van der Waals surface area contributed by atoms with Gasteiger partial charge in [-0.25, -0.2) is 0 Å². The first-order valence-corrected chi connectivity index (χ1v) is 6.82. The van der Waals surface area contributed by atoms with Crippen molar-refractivity contribution in [3.05, 3.63) is 0 Å². The molecule has 0 aromatic carbocycles. The van der Waals surface area contributed by atoms with Crippen LogP contribution in [0.4, 0.5) is 0 Å². The van der Waals surface area contributed by atoms with Gasteiger partial charge in [0.25, 0.3) is 0 Å². The van der Waals surface area contributed by atoms with Crippen LogP contribution in [0.25, 0.3) is 0 Å². The Kier molecular flexibility index (Phi) is 6.73. The summed E-state index contributed by atoms with van der Waals surface area (Å²) in [6.45, 7) is -0.962. The molecule has 0 saturated carbocycles. The quantitative estimate of drug-likeness (QED) is 0.172. The Morgan fingerprint density at radius 2 is 1.58 bits per heavy atom. The maximum Gasteiger partial charge on any atom is 0.332 e. The average molecular weight is 301 g/mol. The van der Waals surface area contributed by atoms with Crippen molar-refractivity contribution in [2.24, 2.45) is 11.7 Å². The first kappa shape index (κ1) is 18.1. The van der Waals surface area contributed by atoms with Gasteiger partial charge in [-0.1, -0.05) is 0 Å². The summed E-state index contributed by atoms with van der Waals surface area (Å²) >= 11 is 0. The minimum absolute atomic E-state index is 0.962. The highest BCUT2D eigenvalue weighted by molar-refractivity contribution is 7.52. The third-order valence-electron chi connectivity index (χ3n) is 2.29. The lowest BCUT2D eigenvalue weighted by Gasteiger charge is -2.26. The van der Waals surface area contributed by atoms with Crippen molar-refractivity contribution in [1.82, 2.24) is 0 Å². The molecule has 0 saturated heterocycles. The molecule has 11 heteroatoms. The summed E-state index contributed by atoms with van der Waals surface area (Å²) in [5.41, 5.74) is 4.81. The summed E-state index contributed by atoms with van der Waals surface area (Å²) in [6, 6.07) is 0. The molecule has 0 rings (SSSR count). The van der Waals surface area contributed by atoms with Crippen LogP contribution in [0.15, 0.2) is 0 Å². The molecule has 10 nitrogen and oxygen atoms in total. The van der Waals surface area contributed by atoms with E-state index in [9.17, 15) is 24.4 Å². The highest BCUT2D eigenvalue weighted by Crippen LogP contribution is 2.35. The Balaban J connectivity index is 5.07. The molecule has 0 unspecified atom stereocenters. The molecule has 8 N–H and O–H groups in total. The van der Waals surface area contributed by atoms with Gasteiger partial charge in [0.1, 0.15) is 30.4 Å². The zero-order valence-electron chi connectivity index (χ0n) is 9.66. The van der Waals surface area contributed by atoms with Crippen LogP contribution in [0.2, 0.25) is 0 Å². The Morgan fingerprint density at radius 1 is 1.11 bits per heavy atom. The molecule has 0 fully saturated rings. The summed E-state index contributed by atoms with van der Waals surface area (Å²) in [7, 11) is -4.78. The summed E-state index contributed by atoms with van der Waals surface area (Å²) in [5, 5.41) is 36.5. The number of carbonyl (C=O) groups excluding carboxylic acids is 2. The van der Waals surface area contributed by atoms with Crippen molar-refractivity contribution in [3.8, 4) is 0 Å². The number of Topliss-reactive ketones (excluding diaryl/α,β-unsaturated/α-hetero) is 1. The zero-order valence-corrected chi connectivity index (χ0v) is 10.6.